The number of halogens is 2. The van der Waals surface area contributed by atoms with E-state index in [0.29, 0.717) is 6.20 Å². The van der Waals surface area contributed by atoms with Crippen LogP contribution in [0.2, 0.25) is 5.02 Å². The Morgan fingerprint density at radius 2 is 2.33 bits per heavy atom. The summed E-state index contributed by atoms with van der Waals surface area (Å²) in [4.78, 5) is 13.6. The van der Waals surface area contributed by atoms with Gasteiger partial charge in [-0.1, -0.05) is 11.6 Å². The minimum Gasteiger partial charge on any atom is -0.476 e. The van der Waals surface area contributed by atoms with E-state index in [-0.39, 0.29) is 5.02 Å². The number of carboxylic acid groups (broad SMARTS) is 1. The summed E-state index contributed by atoms with van der Waals surface area (Å²) >= 11 is 5.39. The Balaban J connectivity index is 3.36. The highest BCUT2D eigenvalue weighted by atomic mass is 35.5. The molecule has 0 fully saturated rings. The third kappa shape index (κ3) is 1.31. The molecule has 1 heterocycles. The van der Waals surface area contributed by atoms with Gasteiger partial charge in [0.25, 0.3) is 0 Å². The van der Waals surface area contributed by atoms with Gasteiger partial charge in [0.05, 0.1) is 16.9 Å². The van der Waals surface area contributed by atoms with Crippen molar-refractivity contribution < 1.29 is 14.3 Å². The normalized spacial score (nSPS) is 9.83. The summed E-state index contributed by atoms with van der Waals surface area (Å²) in [6.07, 6.45) is 0.713. The summed E-state index contributed by atoms with van der Waals surface area (Å²) < 4.78 is 12.6. The Kier molecular flexibility index (Phi) is 2.14. The molecule has 0 aliphatic carbocycles. The number of rotatable bonds is 1. The molecule has 0 atom stereocenters. The molecule has 0 saturated heterocycles. The van der Waals surface area contributed by atoms with Crippen molar-refractivity contribution in [2.75, 3.05) is 5.73 Å². The van der Waals surface area contributed by atoms with Crippen LogP contribution >= 0.6 is 11.6 Å². The first-order chi connectivity index (χ1) is 5.54. The topological polar surface area (TPSA) is 76.2 Å². The lowest BCUT2D eigenvalue weighted by Crippen LogP contribution is -2.05. The number of nitrogen functional groups attached to an aromatic ring is 1. The number of hydrogen-bond donors (Lipinski definition) is 2. The van der Waals surface area contributed by atoms with Crippen molar-refractivity contribution in [3.63, 3.8) is 0 Å². The maximum atomic E-state index is 12.6. The van der Waals surface area contributed by atoms with Crippen molar-refractivity contribution in [1.29, 1.82) is 0 Å². The molecule has 0 aliphatic heterocycles. The van der Waals surface area contributed by atoms with E-state index in [1.807, 2.05) is 0 Å². The summed E-state index contributed by atoms with van der Waals surface area (Å²) in [5, 5.41) is 8.08. The smallest absolute Gasteiger partial charge is 0.356 e. The van der Waals surface area contributed by atoms with E-state index in [2.05, 4.69) is 4.98 Å². The average molecular weight is 191 g/mol. The van der Waals surface area contributed by atoms with Crippen LogP contribution in [-0.4, -0.2) is 16.1 Å². The molecule has 0 radical (unpaired) electrons. The van der Waals surface area contributed by atoms with E-state index in [1.165, 1.54) is 0 Å². The number of nitrogens with two attached hydrogens (primary N) is 1. The summed E-state index contributed by atoms with van der Waals surface area (Å²) in [6.45, 7) is 0. The van der Waals surface area contributed by atoms with E-state index in [1.54, 1.807) is 0 Å². The minimum atomic E-state index is -1.34. The van der Waals surface area contributed by atoms with E-state index < -0.39 is 23.2 Å². The lowest BCUT2D eigenvalue weighted by Gasteiger charge is -2.01. The zero-order valence-electron chi connectivity index (χ0n) is 5.71. The van der Waals surface area contributed by atoms with Crippen molar-refractivity contribution in [2.24, 2.45) is 0 Å². The SMILES string of the molecule is Nc1c(F)cnc(C(=O)O)c1Cl. The highest BCUT2D eigenvalue weighted by molar-refractivity contribution is 6.35. The van der Waals surface area contributed by atoms with Crippen LogP contribution in [0.5, 0.6) is 0 Å². The van der Waals surface area contributed by atoms with Crippen LogP contribution in [0.15, 0.2) is 6.20 Å². The first-order valence-electron chi connectivity index (χ1n) is 2.86. The fourth-order valence-corrected chi connectivity index (χ4v) is 0.849. The molecular formula is C6H4ClFN2O2. The number of aromatic nitrogens is 1. The van der Waals surface area contributed by atoms with Crippen LogP contribution in [0.3, 0.4) is 0 Å². The molecule has 3 N–H and O–H groups in total. The third-order valence-electron chi connectivity index (χ3n) is 1.21. The largest absolute Gasteiger partial charge is 0.476 e. The number of hydrogen-bond acceptors (Lipinski definition) is 3. The molecule has 6 heteroatoms. The molecule has 0 saturated carbocycles. The van der Waals surface area contributed by atoms with Gasteiger partial charge in [0.1, 0.15) is 0 Å². The standard InChI is InChI=1S/C6H4ClFN2O2/c7-3-4(9)2(8)1-10-5(3)6(11)12/h1H,(H2,9,10)(H,11,12). The van der Waals surface area contributed by atoms with Crippen LogP contribution in [0.25, 0.3) is 0 Å². The summed E-state index contributed by atoms with van der Waals surface area (Å²) in [7, 11) is 0. The van der Waals surface area contributed by atoms with Gasteiger partial charge in [0, 0.05) is 0 Å². The highest BCUT2D eigenvalue weighted by Crippen LogP contribution is 2.23. The number of aromatic carboxylic acids is 1. The highest BCUT2D eigenvalue weighted by Gasteiger charge is 2.15. The molecule has 0 aromatic carbocycles. The van der Waals surface area contributed by atoms with Gasteiger partial charge in [0.2, 0.25) is 0 Å². The molecule has 64 valence electrons. The molecule has 1 aromatic rings. The maximum absolute atomic E-state index is 12.6. The van der Waals surface area contributed by atoms with Crippen molar-refractivity contribution in [2.45, 2.75) is 0 Å². The summed E-state index contributed by atoms with van der Waals surface area (Å²) in [5.74, 6) is -2.17. The van der Waals surface area contributed by atoms with Crippen molar-refractivity contribution in [3.8, 4) is 0 Å². The Morgan fingerprint density at radius 1 is 1.75 bits per heavy atom. The Labute approximate surface area is 71.8 Å². The fraction of sp³-hybridized carbons (Fsp3) is 0. The number of anilines is 1. The fourth-order valence-electron chi connectivity index (χ4n) is 0.629. The summed E-state index contributed by atoms with van der Waals surface area (Å²) in [6, 6.07) is 0. The number of pyridine rings is 1. The number of carbonyl (C=O) groups is 1. The van der Waals surface area contributed by atoms with E-state index in [0.717, 1.165) is 0 Å². The van der Waals surface area contributed by atoms with Gasteiger partial charge in [-0.2, -0.15) is 0 Å². The molecule has 1 aromatic heterocycles. The molecule has 12 heavy (non-hydrogen) atoms. The van der Waals surface area contributed by atoms with Gasteiger partial charge in [-0.25, -0.2) is 14.2 Å². The van der Waals surface area contributed by atoms with Gasteiger partial charge in [-0.05, 0) is 0 Å². The van der Waals surface area contributed by atoms with Gasteiger partial charge >= 0.3 is 5.97 Å². The summed E-state index contributed by atoms with van der Waals surface area (Å²) in [5.41, 5.74) is 4.26. The molecule has 0 aliphatic rings. The molecule has 0 amide bonds. The van der Waals surface area contributed by atoms with Gasteiger partial charge in [0.15, 0.2) is 11.5 Å². The second-order valence-corrected chi connectivity index (χ2v) is 2.37. The molecule has 0 unspecified atom stereocenters. The average Bonchev–Trinajstić information content (AvgIpc) is 2.00. The van der Waals surface area contributed by atoms with Gasteiger partial charge in [-0.3, -0.25) is 0 Å². The predicted octanol–water partition coefficient (Wildman–Crippen LogP) is 1.15. The zero-order chi connectivity index (χ0) is 9.30. The number of carboxylic acids is 1. The van der Waals surface area contributed by atoms with Gasteiger partial charge in [-0.15, -0.1) is 0 Å². The van der Waals surface area contributed by atoms with Crippen LogP contribution in [0.1, 0.15) is 10.5 Å². The predicted molar refractivity (Wildman–Crippen MR) is 40.6 cm³/mol. The van der Waals surface area contributed by atoms with Crippen molar-refractivity contribution in [3.05, 3.63) is 22.7 Å². The monoisotopic (exact) mass is 190 g/mol. The Morgan fingerprint density at radius 3 is 2.83 bits per heavy atom. The number of nitrogens with zero attached hydrogens (tertiary/aromatic N) is 1. The second kappa shape index (κ2) is 2.94. The molecule has 1 rings (SSSR count). The van der Waals surface area contributed by atoms with Crippen LogP contribution in [-0.2, 0) is 0 Å². The Bertz CT molecular complexity index is 343. The molecular weight excluding hydrogens is 187 g/mol. The van der Waals surface area contributed by atoms with Crippen LogP contribution in [0.4, 0.5) is 10.1 Å². The van der Waals surface area contributed by atoms with Crippen LogP contribution < -0.4 is 5.73 Å². The Hall–Kier alpha value is -1.36. The zero-order valence-corrected chi connectivity index (χ0v) is 6.47. The van der Waals surface area contributed by atoms with Crippen LogP contribution in [0, 0.1) is 5.82 Å². The van der Waals surface area contributed by atoms with Crippen molar-refractivity contribution in [1.82, 2.24) is 4.98 Å². The minimum absolute atomic E-state index is 0.373. The maximum Gasteiger partial charge on any atom is 0.356 e. The van der Waals surface area contributed by atoms with E-state index in [9.17, 15) is 9.18 Å². The van der Waals surface area contributed by atoms with E-state index in [4.69, 9.17) is 22.4 Å². The lowest BCUT2D eigenvalue weighted by molar-refractivity contribution is 0.0690. The molecule has 0 bridgehead atoms. The van der Waals surface area contributed by atoms with E-state index >= 15 is 0 Å². The lowest BCUT2D eigenvalue weighted by atomic mass is 10.3. The third-order valence-corrected chi connectivity index (χ3v) is 1.59. The second-order valence-electron chi connectivity index (χ2n) is 1.99. The first-order valence-corrected chi connectivity index (χ1v) is 3.24. The first kappa shape index (κ1) is 8.73. The molecule has 4 nitrogen and oxygen atoms in total. The quantitative estimate of drug-likeness (QED) is 0.697. The van der Waals surface area contributed by atoms with Gasteiger partial charge < -0.3 is 10.8 Å². The molecule has 0 spiro atoms. The van der Waals surface area contributed by atoms with Crippen molar-refractivity contribution >= 4 is 23.3 Å².